The van der Waals surface area contributed by atoms with Gasteiger partial charge < -0.3 is 15.4 Å². The molecule has 2 heterocycles. The molecule has 6 heteroatoms. The number of pyridine rings is 1. The Balaban J connectivity index is 1.44. The first kappa shape index (κ1) is 21.1. The molecule has 1 saturated heterocycles. The zero-order valence-corrected chi connectivity index (χ0v) is 17.7. The molecule has 0 unspecified atom stereocenters. The van der Waals surface area contributed by atoms with Gasteiger partial charge in [0.05, 0.1) is 6.61 Å². The van der Waals surface area contributed by atoms with Crippen LogP contribution < -0.4 is 15.4 Å². The number of aromatic nitrogens is 1. The van der Waals surface area contributed by atoms with E-state index in [1.807, 2.05) is 19.1 Å². The Morgan fingerprint density at radius 2 is 1.69 bits per heavy atom. The summed E-state index contributed by atoms with van der Waals surface area (Å²) in [5.74, 6) is 1.43. The second-order valence-electron chi connectivity index (χ2n) is 7.37. The molecule has 1 aliphatic heterocycles. The van der Waals surface area contributed by atoms with Crippen LogP contribution in [-0.4, -0.2) is 42.6 Å². The number of likely N-dealkylation sites (tertiary alicyclic amines) is 1. The normalized spacial score (nSPS) is 15.2. The molecule has 0 saturated carbocycles. The second-order valence-corrected chi connectivity index (χ2v) is 7.37. The first-order valence-electron chi connectivity index (χ1n) is 10.6. The number of hydrogen-bond acceptors (Lipinski definition) is 4. The Kier molecular flexibility index (Phi) is 8.31. The Labute approximate surface area is 174 Å². The predicted molar refractivity (Wildman–Crippen MR) is 118 cm³/mol. The smallest absolute Gasteiger partial charge is 0.213 e. The van der Waals surface area contributed by atoms with Crippen molar-refractivity contribution in [1.82, 2.24) is 20.5 Å². The maximum atomic E-state index is 5.45. The summed E-state index contributed by atoms with van der Waals surface area (Å²) in [6.07, 6.45) is 5.82. The maximum absolute atomic E-state index is 5.45. The van der Waals surface area contributed by atoms with Crippen LogP contribution in [0.15, 0.2) is 47.6 Å². The molecule has 2 aromatic rings. The van der Waals surface area contributed by atoms with Crippen LogP contribution in [0.25, 0.3) is 0 Å². The van der Waals surface area contributed by atoms with Gasteiger partial charge in [0.2, 0.25) is 5.88 Å². The topological polar surface area (TPSA) is 61.8 Å². The molecule has 3 rings (SSSR count). The summed E-state index contributed by atoms with van der Waals surface area (Å²) in [5, 5.41) is 6.72. The van der Waals surface area contributed by atoms with E-state index in [1.54, 1.807) is 13.2 Å². The number of aliphatic imine (C=N–C) groups is 1. The average molecular weight is 396 g/mol. The van der Waals surface area contributed by atoms with Crippen molar-refractivity contribution in [3.05, 3.63) is 59.3 Å². The highest BCUT2D eigenvalue weighted by atomic mass is 16.5. The molecule has 6 nitrogen and oxygen atoms in total. The number of ether oxygens (including phenoxy) is 1. The van der Waals surface area contributed by atoms with Crippen LogP contribution in [0, 0.1) is 0 Å². The van der Waals surface area contributed by atoms with Gasteiger partial charge >= 0.3 is 0 Å². The van der Waals surface area contributed by atoms with Gasteiger partial charge in [0, 0.05) is 38.9 Å². The van der Waals surface area contributed by atoms with Crippen molar-refractivity contribution < 1.29 is 4.74 Å². The van der Waals surface area contributed by atoms with Crippen molar-refractivity contribution in [3.63, 3.8) is 0 Å². The fourth-order valence-corrected chi connectivity index (χ4v) is 3.52. The number of rotatable bonds is 8. The summed E-state index contributed by atoms with van der Waals surface area (Å²) in [4.78, 5) is 11.1. The van der Waals surface area contributed by atoms with E-state index in [-0.39, 0.29) is 0 Å². The third kappa shape index (κ3) is 7.06. The minimum absolute atomic E-state index is 0.615. The van der Waals surface area contributed by atoms with Gasteiger partial charge in [-0.15, -0.1) is 0 Å². The van der Waals surface area contributed by atoms with Crippen LogP contribution in [0.5, 0.6) is 5.88 Å². The lowest BCUT2D eigenvalue weighted by Crippen LogP contribution is -2.36. The Hall–Kier alpha value is -2.60. The molecule has 0 atom stereocenters. The van der Waals surface area contributed by atoms with E-state index in [0.717, 1.165) is 24.6 Å². The monoisotopic (exact) mass is 395 g/mol. The van der Waals surface area contributed by atoms with Crippen LogP contribution in [0.1, 0.15) is 42.9 Å². The van der Waals surface area contributed by atoms with E-state index < -0.39 is 0 Å². The summed E-state index contributed by atoms with van der Waals surface area (Å²) in [5.41, 5.74) is 3.74. The zero-order valence-electron chi connectivity index (χ0n) is 17.7. The van der Waals surface area contributed by atoms with Crippen molar-refractivity contribution in [2.24, 2.45) is 4.99 Å². The summed E-state index contributed by atoms with van der Waals surface area (Å²) < 4.78 is 5.45. The van der Waals surface area contributed by atoms with Crippen molar-refractivity contribution in [3.8, 4) is 5.88 Å². The molecule has 1 aliphatic rings. The van der Waals surface area contributed by atoms with Crippen LogP contribution in [0.4, 0.5) is 0 Å². The first-order chi connectivity index (χ1) is 14.3. The van der Waals surface area contributed by atoms with Gasteiger partial charge in [0.15, 0.2) is 5.96 Å². The SMILES string of the molecule is CCOc1cc(CNC(=NC)NCc2ccc(CN3CCCCC3)cc2)ccn1. The maximum Gasteiger partial charge on any atom is 0.213 e. The number of guanidine groups is 1. The van der Waals surface area contributed by atoms with Crippen LogP contribution in [0.3, 0.4) is 0 Å². The molecule has 0 radical (unpaired) electrons. The molecular weight excluding hydrogens is 362 g/mol. The standard InChI is InChI=1S/C23H33N5O/c1-3-29-22-15-21(11-12-25-22)17-27-23(24-2)26-16-19-7-9-20(10-8-19)18-28-13-5-4-6-14-28/h7-12,15H,3-6,13-14,16-18H2,1-2H3,(H2,24,26,27). The third-order valence-electron chi connectivity index (χ3n) is 5.11. The molecule has 0 aliphatic carbocycles. The van der Waals surface area contributed by atoms with Gasteiger partial charge in [-0.25, -0.2) is 4.98 Å². The Bertz CT molecular complexity index is 769. The summed E-state index contributed by atoms with van der Waals surface area (Å²) in [7, 11) is 1.79. The molecule has 1 aromatic heterocycles. The van der Waals surface area contributed by atoms with Crippen LogP contribution in [-0.2, 0) is 19.6 Å². The molecule has 29 heavy (non-hydrogen) atoms. The number of benzene rings is 1. The van der Waals surface area contributed by atoms with Crippen LogP contribution in [0.2, 0.25) is 0 Å². The lowest BCUT2D eigenvalue weighted by atomic mass is 10.1. The minimum atomic E-state index is 0.615. The summed E-state index contributed by atoms with van der Waals surface area (Å²) >= 11 is 0. The molecule has 0 amide bonds. The van der Waals surface area contributed by atoms with E-state index >= 15 is 0 Å². The lowest BCUT2D eigenvalue weighted by molar-refractivity contribution is 0.221. The fourth-order valence-electron chi connectivity index (χ4n) is 3.52. The van der Waals surface area contributed by atoms with Crippen molar-refractivity contribution in [2.75, 3.05) is 26.7 Å². The number of nitrogens with one attached hydrogen (secondary N) is 2. The van der Waals surface area contributed by atoms with Crippen molar-refractivity contribution >= 4 is 5.96 Å². The van der Waals surface area contributed by atoms with Gasteiger partial charge in [-0.05, 0) is 55.6 Å². The highest BCUT2D eigenvalue weighted by Gasteiger charge is 2.10. The number of nitrogens with zero attached hydrogens (tertiary/aromatic N) is 3. The van der Waals surface area contributed by atoms with Gasteiger partial charge in [-0.3, -0.25) is 9.89 Å². The Morgan fingerprint density at radius 3 is 2.38 bits per heavy atom. The summed E-state index contributed by atoms with van der Waals surface area (Å²) in [6.45, 7) is 7.50. The van der Waals surface area contributed by atoms with Gasteiger partial charge in [-0.2, -0.15) is 0 Å². The molecule has 0 bridgehead atoms. The molecule has 1 aromatic carbocycles. The Morgan fingerprint density at radius 1 is 1.00 bits per heavy atom. The highest BCUT2D eigenvalue weighted by molar-refractivity contribution is 5.79. The average Bonchev–Trinajstić information content (AvgIpc) is 2.76. The number of hydrogen-bond donors (Lipinski definition) is 2. The quantitative estimate of drug-likeness (QED) is 0.530. The molecular formula is C23H33N5O. The predicted octanol–water partition coefficient (Wildman–Crippen LogP) is 3.33. The van der Waals surface area contributed by atoms with E-state index in [0.29, 0.717) is 19.0 Å². The lowest BCUT2D eigenvalue weighted by Gasteiger charge is -2.26. The van der Waals surface area contributed by atoms with Gasteiger partial charge in [-0.1, -0.05) is 30.7 Å². The molecule has 2 N–H and O–H groups in total. The number of piperidine rings is 1. The van der Waals surface area contributed by atoms with E-state index in [9.17, 15) is 0 Å². The van der Waals surface area contributed by atoms with Gasteiger partial charge in [0.1, 0.15) is 0 Å². The largest absolute Gasteiger partial charge is 0.478 e. The minimum Gasteiger partial charge on any atom is -0.478 e. The fraction of sp³-hybridized carbons (Fsp3) is 0.478. The van der Waals surface area contributed by atoms with E-state index in [2.05, 4.69) is 49.8 Å². The molecule has 156 valence electrons. The van der Waals surface area contributed by atoms with Crippen molar-refractivity contribution in [2.45, 2.75) is 45.8 Å². The van der Waals surface area contributed by atoms with E-state index in [1.165, 1.54) is 43.5 Å². The van der Waals surface area contributed by atoms with E-state index in [4.69, 9.17) is 4.74 Å². The molecule has 1 fully saturated rings. The molecule has 0 spiro atoms. The zero-order chi connectivity index (χ0) is 20.3. The first-order valence-corrected chi connectivity index (χ1v) is 10.6. The summed E-state index contributed by atoms with van der Waals surface area (Å²) in [6, 6.07) is 12.8. The van der Waals surface area contributed by atoms with Crippen molar-refractivity contribution in [1.29, 1.82) is 0 Å². The van der Waals surface area contributed by atoms with Crippen LogP contribution >= 0.6 is 0 Å². The second kappa shape index (κ2) is 11.4. The third-order valence-corrected chi connectivity index (χ3v) is 5.11. The highest BCUT2D eigenvalue weighted by Crippen LogP contribution is 2.13. The van der Waals surface area contributed by atoms with Gasteiger partial charge in [0.25, 0.3) is 0 Å².